The molecule has 0 amide bonds. The maximum absolute atomic E-state index is 12.5. The van der Waals surface area contributed by atoms with Crippen molar-refractivity contribution < 1.29 is 59.2 Å². The molecule has 4 aliphatic heterocycles. The van der Waals surface area contributed by atoms with Crippen molar-refractivity contribution in [3.05, 3.63) is 28.8 Å². The van der Waals surface area contributed by atoms with Crippen LogP contribution in [-0.4, -0.2) is 116 Å². The highest BCUT2D eigenvalue weighted by atomic mass is 33.1. The fraction of sp³-hybridized carbons (Fsp3) is 0.676. The van der Waals surface area contributed by atoms with Crippen LogP contribution in [0.15, 0.2) is 12.1 Å². The van der Waals surface area contributed by atoms with Crippen LogP contribution in [0.25, 0.3) is 10.8 Å². The quantitative estimate of drug-likeness (QED) is 0.124. The average Bonchev–Trinajstić information content (AvgIpc) is 3.51. The van der Waals surface area contributed by atoms with Crippen LogP contribution in [0.2, 0.25) is 0 Å². The predicted molar refractivity (Wildman–Crippen MR) is 195 cm³/mol. The van der Waals surface area contributed by atoms with E-state index in [4.69, 9.17) is 18.9 Å². The Labute approximate surface area is 314 Å². The smallest absolute Gasteiger partial charge is 0.335 e. The second-order valence-electron chi connectivity index (χ2n) is 16.0. The highest BCUT2D eigenvalue weighted by Gasteiger charge is 2.65. The molecule has 0 unspecified atom stereocenters. The van der Waals surface area contributed by atoms with Crippen molar-refractivity contribution >= 4 is 44.1 Å². The number of fused-ring (bicyclic) bond motifs is 1. The number of ether oxygens (including phenoxy) is 4. The van der Waals surface area contributed by atoms with E-state index in [1.165, 1.54) is 24.6 Å². The van der Waals surface area contributed by atoms with Gasteiger partial charge in [-0.1, -0.05) is 28.0 Å². The van der Waals surface area contributed by atoms with Gasteiger partial charge in [0.1, 0.15) is 47.1 Å². The number of hydrazine groups is 1. The second-order valence-corrected chi connectivity index (χ2v) is 18.5. The van der Waals surface area contributed by atoms with Gasteiger partial charge in [0.05, 0.1) is 29.7 Å². The van der Waals surface area contributed by atoms with Gasteiger partial charge in [0.15, 0.2) is 5.78 Å². The number of aliphatic hydroxyl groups excluding tert-OH is 3. The molecule has 16 heteroatoms. The van der Waals surface area contributed by atoms with E-state index in [1.807, 2.05) is 0 Å². The van der Waals surface area contributed by atoms with Gasteiger partial charge in [0.2, 0.25) is 6.29 Å². The lowest BCUT2D eigenvalue weighted by Crippen LogP contribution is -2.75. The molecule has 290 valence electrons. The number of aromatic carboxylic acids is 1. The Morgan fingerprint density at radius 2 is 1.87 bits per heavy atom. The van der Waals surface area contributed by atoms with Crippen LogP contribution in [0.4, 0.5) is 0 Å². The maximum Gasteiger partial charge on any atom is 0.335 e. The van der Waals surface area contributed by atoms with E-state index in [1.54, 1.807) is 10.8 Å². The van der Waals surface area contributed by atoms with Crippen LogP contribution in [0.1, 0.15) is 78.1 Å². The summed E-state index contributed by atoms with van der Waals surface area (Å²) < 4.78 is 25.1. The molecule has 4 saturated heterocycles. The van der Waals surface area contributed by atoms with Crippen molar-refractivity contribution in [1.82, 2.24) is 10.9 Å². The number of carboxylic acid groups (broad SMARTS) is 1. The summed E-state index contributed by atoms with van der Waals surface area (Å²) in [6.07, 6.45) is -0.0357. The molecule has 2 saturated carbocycles. The van der Waals surface area contributed by atoms with E-state index >= 15 is 0 Å². The van der Waals surface area contributed by atoms with Gasteiger partial charge in [-0.2, -0.15) is 0 Å². The monoisotopic (exact) mass is 776 g/mol. The van der Waals surface area contributed by atoms with Gasteiger partial charge in [-0.05, 0) is 87.7 Å². The average molecular weight is 777 g/mol. The summed E-state index contributed by atoms with van der Waals surface area (Å²) >= 11 is 0. The van der Waals surface area contributed by atoms with Gasteiger partial charge in [-0.25, -0.2) is 4.79 Å². The molecule has 2 aromatic carbocycles. The number of ketones is 1. The topological polar surface area (TPSA) is 216 Å². The Morgan fingerprint density at radius 3 is 2.62 bits per heavy atom. The van der Waals surface area contributed by atoms with E-state index in [0.717, 1.165) is 50.0 Å². The van der Waals surface area contributed by atoms with Gasteiger partial charge in [-0.15, -0.1) is 0 Å². The first kappa shape index (κ1) is 37.5. The van der Waals surface area contributed by atoms with Gasteiger partial charge in [-0.3, -0.25) is 15.6 Å². The summed E-state index contributed by atoms with van der Waals surface area (Å²) in [5, 5.41) is 66.8. The Bertz CT molecular complexity index is 1800. The summed E-state index contributed by atoms with van der Waals surface area (Å²) in [7, 11) is 3.17. The highest BCUT2D eigenvalue weighted by Crippen LogP contribution is 2.62. The van der Waals surface area contributed by atoms with Crippen molar-refractivity contribution in [2.24, 2.45) is 23.2 Å². The fourth-order valence-electron chi connectivity index (χ4n) is 11.0. The number of carboxylic acids is 1. The third-order valence-corrected chi connectivity index (χ3v) is 15.4. The summed E-state index contributed by atoms with van der Waals surface area (Å²) in [6.45, 7) is 3.41. The van der Waals surface area contributed by atoms with E-state index in [9.17, 15) is 40.2 Å². The number of hydrogen-bond acceptors (Lipinski definition) is 15. The number of carbonyl (C=O) groups is 2. The Kier molecular flexibility index (Phi) is 9.90. The zero-order chi connectivity index (χ0) is 37.4. The second kappa shape index (κ2) is 14.0. The third-order valence-electron chi connectivity index (χ3n) is 13.3. The third kappa shape index (κ3) is 5.94. The summed E-state index contributed by atoms with van der Waals surface area (Å²) in [6, 6.07) is 2.59. The van der Waals surface area contributed by atoms with Crippen LogP contribution < -0.4 is 15.6 Å². The van der Waals surface area contributed by atoms with E-state index in [0.29, 0.717) is 37.5 Å². The maximum atomic E-state index is 12.5. The Morgan fingerprint density at radius 1 is 1.08 bits per heavy atom. The SMILES string of the molecule is CC(=O)c1c(C)c(O)c2cc(C(=O)O)cc(O[C@H]3O[C@H](CO)[C@@]4(CC[C@]56C[C@]7(CCC[C@@H]7NN5)C[C@H]5COC[C@H](CSSCO4)[C@@H]56)[C@H](O)[C@H]3O)c2c1O. The summed E-state index contributed by atoms with van der Waals surface area (Å²) in [5.41, 5.74) is 5.26. The summed E-state index contributed by atoms with van der Waals surface area (Å²) in [4.78, 5) is 24.7. The van der Waals surface area contributed by atoms with Crippen molar-refractivity contribution in [3.8, 4) is 17.2 Å². The molecule has 8 N–H and O–H groups in total. The standard InChI is InChI=1S/C37H48N2O12S2/c1-17-26(18(2)41)30(43)27-22(29(17)42)8-19(33(46)47)9-23(27)50-34-31(44)32(45)37(25(11-40)51-34)7-6-36-15-35(5-3-4-24(35)38-39-36)10-20-12-48-13-21(28(20)36)14-52-53-16-49-37/h8-9,20-21,24-25,28,31-32,34,38-40,42-45H,3-7,10-16H2,1-2H3,(H,46,47)/t20-,21+,24-,25+,28+,31+,32+,34-,35-,36+,37-/m0/s1. The number of phenols is 2. The minimum Gasteiger partial charge on any atom is -0.507 e. The van der Waals surface area contributed by atoms with Crippen LogP contribution in [0.5, 0.6) is 17.2 Å². The molecule has 2 bridgehead atoms. The lowest BCUT2D eigenvalue weighted by atomic mass is 9.50. The predicted octanol–water partition coefficient (Wildman–Crippen LogP) is 3.22. The molecular weight excluding hydrogens is 729 g/mol. The molecule has 11 atom stereocenters. The van der Waals surface area contributed by atoms with E-state index in [2.05, 4.69) is 10.9 Å². The van der Waals surface area contributed by atoms with Crippen molar-refractivity contribution in [2.45, 2.75) is 101 Å². The molecule has 6 fully saturated rings. The molecule has 2 aromatic rings. The first-order valence-corrected chi connectivity index (χ1v) is 20.9. The number of carbonyl (C=O) groups excluding carboxylic acids is 1. The fourth-order valence-corrected chi connectivity index (χ4v) is 13.1. The Balaban J connectivity index is 1.15. The van der Waals surface area contributed by atoms with E-state index in [-0.39, 0.29) is 62.4 Å². The number of benzene rings is 2. The zero-order valence-electron chi connectivity index (χ0n) is 29.7. The lowest BCUT2D eigenvalue weighted by Gasteiger charge is -2.64. The highest BCUT2D eigenvalue weighted by molar-refractivity contribution is 8.76. The van der Waals surface area contributed by atoms with Crippen LogP contribution in [0.3, 0.4) is 0 Å². The molecule has 0 aromatic heterocycles. The number of aliphatic hydroxyl groups is 3. The molecule has 8 rings (SSSR count). The normalized spacial score (nSPS) is 39.9. The molecule has 2 aliphatic carbocycles. The molecule has 0 radical (unpaired) electrons. The van der Waals surface area contributed by atoms with Crippen LogP contribution in [0, 0.1) is 30.1 Å². The zero-order valence-corrected chi connectivity index (χ0v) is 31.3. The first-order valence-electron chi connectivity index (χ1n) is 18.4. The molecular formula is C37H48N2O12S2. The van der Waals surface area contributed by atoms with Crippen molar-refractivity contribution in [1.29, 1.82) is 0 Å². The number of rotatable bonds is 5. The lowest BCUT2D eigenvalue weighted by molar-refractivity contribution is -0.323. The van der Waals surface area contributed by atoms with Gasteiger partial charge in [0, 0.05) is 34.9 Å². The molecule has 53 heavy (non-hydrogen) atoms. The van der Waals surface area contributed by atoms with Gasteiger partial charge >= 0.3 is 5.97 Å². The Hall–Kier alpha value is -2.38. The van der Waals surface area contributed by atoms with E-state index < -0.39 is 60.1 Å². The van der Waals surface area contributed by atoms with Gasteiger partial charge in [0.25, 0.3) is 0 Å². The number of Topliss-reactive ketones (excluding diaryl/α,β-unsaturated/α-hetero) is 1. The largest absolute Gasteiger partial charge is 0.507 e. The number of nitrogens with one attached hydrogen (secondary N) is 2. The summed E-state index contributed by atoms with van der Waals surface area (Å²) in [5.74, 6) is -1.26. The molecule has 14 nitrogen and oxygen atoms in total. The minimum atomic E-state index is -1.77. The molecule has 6 aliphatic rings. The van der Waals surface area contributed by atoms with Crippen molar-refractivity contribution in [2.75, 3.05) is 31.5 Å². The van der Waals surface area contributed by atoms with Crippen LogP contribution >= 0.6 is 21.6 Å². The number of phenolic OH excluding ortho intramolecular Hbond substituents is 2. The molecule has 3 spiro atoms. The number of hydrogen-bond donors (Lipinski definition) is 8. The van der Waals surface area contributed by atoms with Crippen LogP contribution in [-0.2, 0) is 14.2 Å². The van der Waals surface area contributed by atoms with Crippen molar-refractivity contribution in [3.63, 3.8) is 0 Å². The first-order chi connectivity index (χ1) is 25.3. The minimum absolute atomic E-state index is 0.0514. The van der Waals surface area contributed by atoms with Gasteiger partial charge < -0.3 is 49.6 Å². The number of aromatic hydroxyl groups is 2. The molecule has 4 heterocycles.